The van der Waals surface area contributed by atoms with Crippen LogP contribution in [0.2, 0.25) is 0 Å². The summed E-state index contributed by atoms with van der Waals surface area (Å²) in [4.78, 5) is 11.7. The molecule has 4 nitrogen and oxygen atoms in total. The molecule has 1 saturated carbocycles. The molecule has 2 rings (SSSR count). The number of carbonyl (C=O) groups is 1. The maximum atomic E-state index is 11.7. The second-order valence-electron chi connectivity index (χ2n) is 5.36. The van der Waals surface area contributed by atoms with Gasteiger partial charge in [0.1, 0.15) is 5.75 Å². The van der Waals surface area contributed by atoms with Gasteiger partial charge in [0.25, 0.3) is 0 Å². The van der Waals surface area contributed by atoms with Crippen molar-refractivity contribution in [2.75, 3.05) is 6.54 Å². The Morgan fingerprint density at radius 2 is 2.05 bits per heavy atom. The molecular formula is C16H21NO3. The molecule has 0 spiro atoms. The third kappa shape index (κ3) is 4.70. The van der Waals surface area contributed by atoms with Gasteiger partial charge in [0.15, 0.2) is 0 Å². The fourth-order valence-electron chi connectivity index (χ4n) is 2.51. The molecule has 0 aliphatic heterocycles. The van der Waals surface area contributed by atoms with Gasteiger partial charge in [0, 0.05) is 12.6 Å². The number of amides is 1. The fourth-order valence-corrected chi connectivity index (χ4v) is 2.51. The first kappa shape index (κ1) is 14.6. The third-order valence-electron chi connectivity index (χ3n) is 3.64. The molecule has 1 amide bonds. The molecule has 2 atom stereocenters. The Morgan fingerprint density at radius 1 is 1.30 bits per heavy atom. The molecule has 0 saturated heterocycles. The van der Waals surface area contributed by atoms with E-state index in [1.54, 1.807) is 30.3 Å². The zero-order valence-electron chi connectivity index (χ0n) is 11.5. The number of hydrogen-bond acceptors (Lipinski definition) is 3. The maximum absolute atomic E-state index is 11.7. The molecule has 1 aromatic carbocycles. The van der Waals surface area contributed by atoms with Gasteiger partial charge in [0.2, 0.25) is 5.91 Å². The van der Waals surface area contributed by atoms with Gasteiger partial charge in [-0.15, -0.1) is 0 Å². The molecule has 1 fully saturated rings. The number of carbonyl (C=O) groups excluding carboxylic acids is 1. The van der Waals surface area contributed by atoms with Crippen molar-refractivity contribution >= 4 is 12.0 Å². The Morgan fingerprint density at radius 3 is 2.75 bits per heavy atom. The van der Waals surface area contributed by atoms with Crippen molar-refractivity contribution in [3.8, 4) is 5.75 Å². The molecule has 2 unspecified atom stereocenters. The number of hydrogen-bond donors (Lipinski definition) is 3. The van der Waals surface area contributed by atoms with E-state index < -0.39 is 0 Å². The van der Waals surface area contributed by atoms with Gasteiger partial charge >= 0.3 is 0 Å². The van der Waals surface area contributed by atoms with Crippen molar-refractivity contribution in [1.29, 1.82) is 0 Å². The van der Waals surface area contributed by atoms with Crippen LogP contribution in [0.25, 0.3) is 6.08 Å². The number of phenols is 1. The number of aliphatic hydroxyl groups is 1. The van der Waals surface area contributed by atoms with Gasteiger partial charge in [-0.2, -0.15) is 0 Å². The number of aromatic hydroxyl groups is 1. The van der Waals surface area contributed by atoms with Gasteiger partial charge in [-0.25, -0.2) is 0 Å². The van der Waals surface area contributed by atoms with Crippen LogP contribution in [0.5, 0.6) is 5.75 Å². The molecule has 1 aliphatic rings. The van der Waals surface area contributed by atoms with Gasteiger partial charge in [-0.05, 0) is 49.0 Å². The summed E-state index contributed by atoms with van der Waals surface area (Å²) in [7, 11) is 0. The van der Waals surface area contributed by atoms with Gasteiger partial charge in [0.05, 0.1) is 6.10 Å². The predicted molar refractivity (Wildman–Crippen MR) is 78.1 cm³/mol. The number of nitrogens with one attached hydrogen (secondary N) is 1. The average Bonchev–Trinajstić information content (AvgIpc) is 2.45. The molecule has 1 aromatic rings. The van der Waals surface area contributed by atoms with E-state index >= 15 is 0 Å². The summed E-state index contributed by atoms with van der Waals surface area (Å²) in [5.74, 6) is 0.463. The van der Waals surface area contributed by atoms with Crippen LogP contribution >= 0.6 is 0 Å². The lowest BCUT2D eigenvalue weighted by molar-refractivity contribution is -0.116. The lowest BCUT2D eigenvalue weighted by atomic mass is 9.87. The summed E-state index contributed by atoms with van der Waals surface area (Å²) in [6.45, 7) is 0.621. The highest BCUT2D eigenvalue weighted by Crippen LogP contribution is 2.23. The van der Waals surface area contributed by atoms with E-state index in [-0.39, 0.29) is 17.8 Å². The van der Waals surface area contributed by atoms with Crippen LogP contribution < -0.4 is 5.32 Å². The first-order chi connectivity index (χ1) is 9.63. The summed E-state index contributed by atoms with van der Waals surface area (Å²) >= 11 is 0. The van der Waals surface area contributed by atoms with Crippen LogP contribution in [0.1, 0.15) is 31.2 Å². The second-order valence-corrected chi connectivity index (χ2v) is 5.36. The smallest absolute Gasteiger partial charge is 0.244 e. The van der Waals surface area contributed by atoms with E-state index in [4.69, 9.17) is 5.11 Å². The summed E-state index contributed by atoms with van der Waals surface area (Å²) in [6, 6.07) is 6.66. The van der Waals surface area contributed by atoms with Gasteiger partial charge in [-0.1, -0.05) is 18.6 Å². The summed E-state index contributed by atoms with van der Waals surface area (Å²) in [5.41, 5.74) is 0.867. The van der Waals surface area contributed by atoms with E-state index in [2.05, 4.69) is 5.32 Å². The lowest BCUT2D eigenvalue weighted by Crippen LogP contribution is -2.32. The molecule has 0 bridgehead atoms. The molecule has 3 N–H and O–H groups in total. The van der Waals surface area contributed by atoms with Crippen molar-refractivity contribution in [3.63, 3.8) is 0 Å². The lowest BCUT2D eigenvalue weighted by Gasteiger charge is -2.25. The van der Waals surface area contributed by atoms with Crippen molar-refractivity contribution in [1.82, 2.24) is 5.32 Å². The molecular weight excluding hydrogens is 254 g/mol. The first-order valence-corrected chi connectivity index (χ1v) is 7.06. The minimum atomic E-state index is -0.210. The van der Waals surface area contributed by atoms with Crippen molar-refractivity contribution in [3.05, 3.63) is 35.9 Å². The van der Waals surface area contributed by atoms with E-state index in [0.29, 0.717) is 12.5 Å². The Balaban J connectivity index is 1.76. The summed E-state index contributed by atoms with van der Waals surface area (Å²) in [6.07, 6.45) is 6.76. The van der Waals surface area contributed by atoms with E-state index in [1.807, 2.05) is 0 Å². The van der Waals surface area contributed by atoms with E-state index in [9.17, 15) is 9.90 Å². The molecule has 0 heterocycles. The molecule has 20 heavy (non-hydrogen) atoms. The molecule has 0 aromatic heterocycles. The van der Waals surface area contributed by atoms with Crippen molar-refractivity contribution in [2.45, 2.75) is 31.8 Å². The van der Waals surface area contributed by atoms with Crippen molar-refractivity contribution in [2.24, 2.45) is 5.92 Å². The molecule has 4 heteroatoms. The van der Waals surface area contributed by atoms with Gasteiger partial charge in [-0.3, -0.25) is 4.79 Å². The Labute approximate surface area is 119 Å². The maximum Gasteiger partial charge on any atom is 0.244 e. The largest absolute Gasteiger partial charge is 0.508 e. The van der Waals surface area contributed by atoms with Gasteiger partial charge < -0.3 is 15.5 Å². The first-order valence-electron chi connectivity index (χ1n) is 7.06. The standard InChI is InChI=1S/C16H21NO3/c18-14-7-4-12(5-8-14)6-9-16(20)17-11-13-2-1-3-15(19)10-13/h4-9,13,15,18-19H,1-3,10-11H2,(H,17,20)/b9-6+. The van der Waals surface area contributed by atoms with Crippen LogP contribution in [-0.2, 0) is 4.79 Å². The third-order valence-corrected chi connectivity index (χ3v) is 3.64. The Bertz CT molecular complexity index is 467. The zero-order valence-corrected chi connectivity index (χ0v) is 11.5. The highest BCUT2D eigenvalue weighted by Gasteiger charge is 2.19. The minimum absolute atomic E-state index is 0.127. The highest BCUT2D eigenvalue weighted by molar-refractivity contribution is 5.91. The second kappa shape index (κ2) is 7.10. The Hall–Kier alpha value is -1.81. The van der Waals surface area contributed by atoms with Crippen LogP contribution in [-0.4, -0.2) is 28.8 Å². The Kier molecular flexibility index (Phi) is 5.18. The monoisotopic (exact) mass is 275 g/mol. The normalized spacial score (nSPS) is 22.9. The number of phenolic OH excluding ortho intramolecular Hbond substituents is 1. The van der Waals surface area contributed by atoms with Crippen LogP contribution in [0, 0.1) is 5.92 Å². The minimum Gasteiger partial charge on any atom is -0.508 e. The van der Waals surface area contributed by atoms with E-state index in [0.717, 1.165) is 31.2 Å². The topological polar surface area (TPSA) is 69.6 Å². The average molecular weight is 275 g/mol. The number of rotatable bonds is 4. The summed E-state index contributed by atoms with van der Waals surface area (Å²) < 4.78 is 0. The molecule has 108 valence electrons. The highest BCUT2D eigenvalue weighted by atomic mass is 16.3. The number of benzene rings is 1. The fraction of sp³-hybridized carbons (Fsp3) is 0.438. The van der Waals surface area contributed by atoms with Crippen LogP contribution in [0.3, 0.4) is 0 Å². The van der Waals surface area contributed by atoms with Crippen LogP contribution in [0.15, 0.2) is 30.3 Å². The quantitative estimate of drug-likeness (QED) is 0.737. The van der Waals surface area contributed by atoms with Crippen molar-refractivity contribution < 1.29 is 15.0 Å². The number of aliphatic hydroxyl groups excluding tert-OH is 1. The zero-order chi connectivity index (χ0) is 14.4. The molecule has 0 radical (unpaired) electrons. The van der Waals surface area contributed by atoms with Crippen LogP contribution in [0.4, 0.5) is 0 Å². The summed E-state index contributed by atoms with van der Waals surface area (Å²) in [5, 5.41) is 21.6. The molecule has 1 aliphatic carbocycles. The predicted octanol–water partition coefficient (Wildman–Crippen LogP) is 2.07. The SMILES string of the molecule is O=C(/C=C/c1ccc(O)cc1)NCC1CCCC(O)C1. The van der Waals surface area contributed by atoms with E-state index in [1.165, 1.54) is 6.08 Å².